The van der Waals surface area contributed by atoms with Crippen LogP contribution in [0, 0.1) is 11.3 Å². The van der Waals surface area contributed by atoms with Gasteiger partial charge in [0.05, 0.1) is 12.7 Å². The molecule has 0 aliphatic rings. The molecule has 0 heterocycles. The summed E-state index contributed by atoms with van der Waals surface area (Å²) in [6.07, 6.45) is -0.911. The average Bonchev–Trinajstić information content (AvgIpc) is 2.53. The Kier molecular flexibility index (Phi) is 4.35. The maximum atomic E-state index is 12.0. The number of hydrogen-bond acceptors (Lipinski definition) is 4. The number of nitriles is 1. The zero-order chi connectivity index (χ0) is 14.4. The van der Waals surface area contributed by atoms with E-state index in [1.165, 1.54) is 0 Å². The second kappa shape index (κ2) is 6.39. The highest BCUT2D eigenvalue weighted by atomic mass is 16.5. The molecule has 0 N–H and O–H groups in total. The fraction of sp³-hybridized carbons (Fsp3) is 0.125. The molecule has 2 aromatic carbocycles. The number of benzene rings is 2. The van der Waals surface area contributed by atoms with Gasteiger partial charge >= 0.3 is 5.97 Å². The predicted molar refractivity (Wildman–Crippen MR) is 73.2 cm³/mol. The van der Waals surface area contributed by atoms with Gasteiger partial charge in [0.1, 0.15) is 11.8 Å². The van der Waals surface area contributed by atoms with Crippen LogP contribution < -0.4 is 4.74 Å². The van der Waals surface area contributed by atoms with Crippen LogP contribution in [0.15, 0.2) is 54.6 Å². The molecule has 0 aromatic heterocycles. The highest BCUT2D eigenvalue weighted by Gasteiger charge is 2.17. The summed E-state index contributed by atoms with van der Waals surface area (Å²) in [7, 11) is 1.55. The first-order chi connectivity index (χ1) is 9.74. The first-order valence-corrected chi connectivity index (χ1v) is 6.04. The molecule has 2 rings (SSSR count). The Labute approximate surface area is 117 Å². The van der Waals surface area contributed by atoms with E-state index in [1.54, 1.807) is 55.6 Å². The number of hydrogen-bond donors (Lipinski definition) is 0. The van der Waals surface area contributed by atoms with Crippen LogP contribution in [0.5, 0.6) is 5.75 Å². The van der Waals surface area contributed by atoms with E-state index in [1.807, 2.05) is 12.1 Å². The van der Waals surface area contributed by atoms with Crippen LogP contribution >= 0.6 is 0 Å². The third-order valence-corrected chi connectivity index (χ3v) is 2.77. The maximum absolute atomic E-state index is 12.0. The monoisotopic (exact) mass is 267 g/mol. The van der Waals surface area contributed by atoms with Crippen molar-refractivity contribution in [3.05, 3.63) is 65.7 Å². The van der Waals surface area contributed by atoms with Crippen LogP contribution in [-0.4, -0.2) is 13.1 Å². The quantitative estimate of drug-likeness (QED) is 0.798. The molecule has 4 nitrogen and oxygen atoms in total. The summed E-state index contributed by atoms with van der Waals surface area (Å²) in [5.41, 5.74) is 1.03. The molecule has 1 atom stereocenters. The number of esters is 1. The molecule has 1 unspecified atom stereocenters. The van der Waals surface area contributed by atoms with Gasteiger partial charge in [-0.25, -0.2) is 4.79 Å². The van der Waals surface area contributed by atoms with Crippen molar-refractivity contribution in [3.63, 3.8) is 0 Å². The minimum absolute atomic E-state index is 0.377. The van der Waals surface area contributed by atoms with E-state index in [-0.39, 0.29) is 0 Å². The summed E-state index contributed by atoms with van der Waals surface area (Å²) in [5, 5.41) is 9.11. The minimum Gasteiger partial charge on any atom is -0.497 e. The van der Waals surface area contributed by atoms with E-state index >= 15 is 0 Å². The van der Waals surface area contributed by atoms with Crippen LogP contribution in [0.2, 0.25) is 0 Å². The summed E-state index contributed by atoms with van der Waals surface area (Å²) in [6, 6.07) is 17.4. The van der Waals surface area contributed by atoms with E-state index in [0.717, 1.165) is 0 Å². The topological polar surface area (TPSA) is 59.3 Å². The molecule has 0 radical (unpaired) electrons. The number of ether oxygens (including phenoxy) is 2. The van der Waals surface area contributed by atoms with Crippen molar-refractivity contribution in [2.45, 2.75) is 6.10 Å². The number of rotatable bonds is 4. The zero-order valence-corrected chi connectivity index (χ0v) is 10.9. The van der Waals surface area contributed by atoms with E-state index in [0.29, 0.717) is 16.9 Å². The van der Waals surface area contributed by atoms with E-state index < -0.39 is 12.1 Å². The Morgan fingerprint density at radius 1 is 1.10 bits per heavy atom. The Balaban J connectivity index is 2.11. The van der Waals surface area contributed by atoms with Gasteiger partial charge < -0.3 is 9.47 Å². The lowest BCUT2D eigenvalue weighted by molar-refractivity contribution is 0.0404. The Morgan fingerprint density at radius 3 is 2.30 bits per heavy atom. The first-order valence-electron chi connectivity index (χ1n) is 6.04. The first kappa shape index (κ1) is 13.6. The normalized spacial score (nSPS) is 11.2. The van der Waals surface area contributed by atoms with E-state index in [9.17, 15) is 4.79 Å². The lowest BCUT2D eigenvalue weighted by Gasteiger charge is -2.11. The van der Waals surface area contributed by atoms with Gasteiger partial charge in [-0.2, -0.15) is 5.26 Å². The smallest absolute Gasteiger partial charge is 0.339 e. The molecular formula is C16H13NO3. The molecular weight excluding hydrogens is 254 g/mol. The highest BCUT2D eigenvalue weighted by molar-refractivity contribution is 5.89. The van der Waals surface area contributed by atoms with Crippen LogP contribution in [-0.2, 0) is 4.74 Å². The van der Waals surface area contributed by atoms with Crippen LogP contribution in [0.4, 0.5) is 0 Å². The third kappa shape index (κ3) is 3.15. The van der Waals surface area contributed by atoms with Gasteiger partial charge in [-0.3, -0.25) is 0 Å². The molecule has 0 bridgehead atoms. The van der Waals surface area contributed by atoms with Crippen LogP contribution in [0.1, 0.15) is 22.0 Å². The summed E-state index contributed by atoms with van der Waals surface area (Å²) in [6.45, 7) is 0. The van der Waals surface area contributed by atoms with Crippen molar-refractivity contribution in [1.29, 1.82) is 5.26 Å². The van der Waals surface area contributed by atoms with Crippen molar-refractivity contribution in [1.82, 2.24) is 0 Å². The summed E-state index contributed by atoms with van der Waals surface area (Å²) in [5.74, 6) is 0.115. The Bertz CT molecular complexity index is 614. The molecule has 4 heteroatoms. The number of carbonyl (C=O) groups is 1. The van der Waals surface area contributed by atoms with Crippen LogP contribution in [0.3, 0.4) is 0 Å². The molecule has 0 amide bonds. The van der Waals surface area contributed by atoms with Gasteiger partial charge in [-0.15, -0.1) is 0 Å². The number of methoxy groups -OCH3 is 1. The fourth-order valence-corrected chi connectivity index (χ4v) is 1.70. The fourth-order valence-electron chi connectivity index (χ4n) is 1.70. The molecule has 0 aliphatic heterocycles. The molecule has 0 aliphatic carbocycles. The summed E-state index contributed by atoms with van der Waals surface area (Å²) in [4.78, 5) is 12.0. The molecule has 20 heavy (non-hydrogen) atoms. The largest absolute Gasteiger partial charge is 0.497 e. The molecule has 0 fully saturated rings. The predicted octanol–water partition coefficient (Wildman–Crippen LogP) is 3.12. The highest BCUT2D eigenvalue weighted by Crippen LogP contribution is 2.19. The Hall–Kier alpha value is -2.80. The van der Waals surface area contributed by atoms with Crippen molar-refractivity contribution >= 4 is 5.97 Å². The van der Waals surface area contributed by atoms with Gasteiger partial charge in [-0.05, 0) is 24.3 Å². The number of carbonyl (C=O) groups excluding carboxylic acids is 1. The molecule has 0 saturated carbocycles. The summed E-state index contributed by atoms with van der Waals surface area (Å²) >= 11 is 0. The molecule has 0 saturated heterocycles. The van der Waals surface area contributed by atoms with Crippen molar-refractivity contribution < 1.29 is 14.3 Å². The SMILES string of the molecule is COc1ccc(C(=O)OC(C#N)c2ccccc2)cc1. The van der Waals surface area contributed by atoms with Gasteiger partial charge in [0.2, 0.25) is 6.10 Å². The second-order valence-corrected chi connectivity index (χ2v) is 4.05. The van der Waals surface area contributed by atoms with E-state index in [4.69, 9.17) is 14.7 Å². The van der Waals surface area contributed by atoms with Gasteiger partial charge in [0.15, 0.2) is 0 Å². The third-order valence-electron chi connectivity index (χ3n) is 2.77. The van der Waals surface area contributed by atoms with Gasteiger partial charge in [0, 0.05) is 5.56 Å². The van der Waals surface area contributed by atoms with Crippen molar-refractivity contribution in [2.75, 3.05) is 7.11 Å². The van der Waals surface area contributed by atoms with Gasteiger partial charge in [-0.1, -0.05) is 30.3 Å². The summed E-state index contributed by atoms with van der Waals surface area (Å²) < 4.78 is 10.2. The van der Waals surface area contributed by atoms with Gasteiger partial charge in [0.25, 0.3) is 0 Å². The van der Waals surface area contributed by atoms with Crippen molar-refractivity contribution in [3.8, 4) is 11.8 Å². The lowest BCUT2D eigenvalue weighted by Crippen LogP contribution is -2.10. The van der Waals surface area contributed by atoms with Crippen molar-refractivity contribution in [2.24, 2.45) is 0 Å². The minimum atomic E-state index is -0.911. The second-order valence-electron chi connectivity index (χ2n) is 4.05. The molecule has 0 spiro atoms. The number of nitrogens with zero attached hydrogens (tertiary/aromatic N) is 1. The zero-order valence-electron chi connectivity index (χ0n) is 10.9. The van der Waals surface area contributed by atoms with E-state index in [2.05, 4.69) is 0 Å². The molecule has 100 valence electrons. The maximum Gasteiger partial charge on any atom is 0.339 e. The van der Waals surface area contributed by atoms with Crippen LogP contribution in [0.25, 0.3) is 0 Å². The molecule has 2 aromatic rings. The standard InChI is InChI=1S/C16H13NO3/c1-19-14-9-7-13(8-10-14)16(18)20-15(11-17)12-5-3-2-4-6-12/h2-10,15H,1H3. The Morgan fingerprint density at radius 2 is 1.75 bits per heavy atom. The average molecular weight is 267 g/mol. The lowest BCUT2D eigenvalue weighted by atomic mass is 10.1.